The Bertz CT molecular complexity index is 583. The molecule has 0 unspecified atom stereocenters. The van der Waals surface area contributed by atoms with Crippen LogP contribution in [0.15, 0.2) is 22.7 Å². The van der Waals surface area contributed by atoms with Crippen molar-refractivity contribution in [3.05, 3.63) is 45.5 Å². The van der Waals surface area contributed by atoms with Gasteiger partial charge in [0.2, 0.25) is 0 Å². The molecule has 0 spiro atoms. The van der Waals surface area contributed by atoms with Crippen molar-refractivity contribution < 1.29 is 9.32 Å². The van der Waals surface area contributed by atoms with Crippen LogP contribution in [0.1, 0.15) is 21.9 Å². The van der Waals surface area contributed by atoms with Crippen molar-refractivity contribution >= 4 is 29.1 Å². The third-order valence-corrected chi connectivity index (χ3v) is 2.64. The number of halogens is 2. The number of rotatable bonds is 3. The fourth-order valence-corrected chi connectivity index (χ4v) is 1.67. The summed E-state index contributed by atoms with van der Waals surface area (Å²) in [7, 11) is 0. The van der Waals surface area contributed by atoms with E-state index in [1.54, 1.807) is 13.0 Å². The zero-order valence-electron chi connectivity index (χ0n) is 9.41. The summed E-state index contributed by atoms with van der Waals surface area (Å²) in [5.74, 6) is 0.135. The van der Waals surface area contributed by atoms with Gasteiger partial charge in [0.25, 0.3) is 5.91 Å². The SMILES string of the molecule is Cc1cc(CNC(=O)c2nc(Cl)ccc2Cl)on1. The summed E-state index contributed by atoms with van der Waals surface area (Å²) in [6.07, 6.45) is 0. The third-order valence-electron chi connectivity index (χ3n) is 2.13. The first kappa shape index (κ1) is 12.9. The van der Waals surface area contributed by atoms with Crippen LogP contribution in [0.3, 0.4) is 0 Å². The lowest BCUT2D eigenvalue weighted by atomic mass is 10.3. The van der Waals surface area contributed by atoms with E-state index in [0.717, 1.165) is 5.69 Å². The second kappa shape index (κ2) is 5.37. The summed E-state index contributed by atoms with van der Waals surface area (Å²) >= 11 is 11.6. The molecule has 5 nitrogen and oxygen atoms in total. The van der Waals surface area contributed by atoms with Crippen molar-refractivity contribution in [3.8, 4) is 0 Å². The predicted molar refractivity (Wildman–Crippen MR) is 66.7 cm³/mol. The molecule has 0 saturated heterocycles. The predicted octanol–water partition coefficient (Wildman–Crippen LogP) is 2.61. The van der Waals surface area contributed by atoms with Crippen molar-refractivity contribution in [2.24, 2.45) is 0 Å². The van der Waals surface area contributed by atoms with Crippen molar-refractivity contribution in [1.82, 2.24) is 15.5 Å². The second-order valence-corrected chi connectivity index (χ2v) is 4.38. The highest BCUT2D eigenvalue weighted by atomic mass is 35.5. The van der Waals surface area contributed by atoms with Gasteiger partial charge in [-0.05, 0) is 19.1 Å². The Kier molecular flexibility index (Phi) is 3.84. The number of nitrogens with one attached hydrogen (secondary N) is 1. The first-order valence-corrected chi connectivity index (χ1v) is 5.84. The van der Waals surface area contributed by atoms with Crippen molar-refractivity contribution in [2.75, 3.05) is 0 Å². The minimum Gasteiger partial charge on any atom is -0.359 e. The van der Waals surface area contributed by atoms with E-state index in [1.807, 2.05) is 0 Å². The number of carbonyl (C=O) groups excluding carboxylic acids is 1. The fourth-order valence-electron chi connectivity index (χ4n) is 1.33. The van der Waals surface area contributed by atoms with Gasteiger partial charge in [-0.1, -0.05) is 28.4 Å². The topological polar surface area (TPSA) is 68.0 Å². The van der Waals surface area contributed by atoms with Gasteiger partial charge < -0.3 is 9.84 Å². The Labute approximate surface area is 113 Å². The molecule has 0 atom stereocenters. The highest BCUT2D eigenvalue weighted by Gasteiger charge is 2.13. The van der Waals surface area contributed by atoms with E-state index in [2.05, 4.69) is 15.5 Å². The van der Waals surface area contributed by atoms with E-state index in [4.69, 9.17) is 27.7 Å². The molecule has 7 heteroatoms. The fraction of sp³-hybridized carbons (Fsp3) is 0.182. The molecular formula is C11H9Cl2N3O2. The Morgan fingerprint density at radius 1 is 1.44 bits per heavy atom. The van der Waals surface area contributed by atoms with E-state index >= 15 is 0 Å². The molecule has 0 aliphatic rings. The maximum Gasteiger partial charge on any atom is 0.271 e. The molecule has 1 N–H and O–H groups in total. The van der Waals surface area contributed by atoms with E-state index in [1.165, 1.54) is 12.1 Å². The van der Waals surface area contributed by atoms with Crippen LogP contribution in [-0.4, -0.2) is 16.0 Å². The minimum atomic E-state index is -0.420. The van der Waals surface area contributed by atoms with Crippen molar-refractivity contribution in [1.29, 1.82) is 0 Å². The zero-order chi connectivity index (χ0) is 13.1. The molecular weight excluding hydrogens is 277 g/mol. The summed E-state index contributed by atoms with van der Waals surface area (Å²) in [5, 5.41) is 6.78. The summed E-state index contributed by atoms with van der Waals surface area (Å²) in [6.45, 7) is 2.01. The number of carbonyl (C=O) groups is 1. The Morgan fingerprint density at radius 2 is 2.22 bits per heavy atom. The number of pyridine rings is 1. The van der Waals surface area contributed by atoms with Gasteiger partial charge in [0.05, 0.1) is 17.3 Å². The molecule has 0 radical (unpaired) electrons. The van der Waals surface area contributed by atoms with Crippen LogP contribution in [0, 0.1) is 6.92 Å². The molecule has 0 aliphatic carbocycles. The zero-order valence-corrected chi connectivity index (χ0v) is 10.9. The molecule has 0 saturated carbocycles. The van der Waals surface area contributed by atoms with Crippen LogP contribution < -0.4 is 5.32 Å². The summed E-state index contributed by atoms with van der Waals surface area (Å²) in [4.78, 5) is 15.7. The minimum absolute atomic E-state index is 0.0837. The number of hydrogen-bond donors (Lipinski definition) is 1. The average molecular weight is 286 g/mol. The van der Waals surface area contributed by atoms with Crippen LogP contribution in [0.4, 0.5) is 0 Å². The van der Waals surface area contributed by atoms with Gasteiger partial charge in [-0.15, -0.1) is 0 Å². The lowest BCUT2D eigenvalue weighted by Gasteiger charge is -2.04. The van der Waals surface area contributed by atoms with Crippen LogP contribution in [0.5, 0.6) is 0 Å². The maximum atomic E-state index is 11.8. The van der Waals surface area contributed by atoms with Gasteiger partial charge in [0.1, 0.15) is 10.8 Å². The average Bonchev–Trinajstić information content (AvgIpc) is 2.75. The molecule has 2 aromatic heterocycles. The van der Waals surface area contributed by atoms with Crippen molar-refractivity contribution in [3.63, 3.8) is 0 Å². The van der Waals surface area contributed by atoms with Crippen LogP contribution in [-0.2, 0) is 6.54 Å². The van der Waals surface area contributed by atoms with E-state index in [9.17, 15) is 4.79 Å². The smallest absolute Gasteiger partial charge is 0.271 e. The van der Waals surface area contributed by atoms with Crippen LogP contribution in [0.25, 0.3) is 0 Å². The normalized spacial score (nSPS) is 10.4. The lowest BCUT2D eigenvalue weighted by Crippen LogP contribution is -2.24. The Morgan fingerprint density at radius 3 is 2.89 bits per heavy atom. The molecule has 1 amide bonds. The van der Waals surface area contributed by atoms with Crippen molar-refractivity contribution in [2.45, 2.75) is 13.5 Å². The Hall–Kier alpha value is -1.59. The molecule has 2 rings (SSSR count). The van der Waals surface area contributed by atoms with Crippen LogP contribution >= 0.6 is 23.2 Å². The first-order valence-electron chi connectivity index (χ1n) is 5.08. The highest BCUT2D eigenvalue weighted by Crippen LogP contribution is 2.16. The highest BCUT2D eigenvalue weighted by molar-refractivity contribution is 6.34. The molecule has 18 heavy (non-hydrogen) atoms. The second-order valence-electron chi connectivity index (χ2n) is 3.58. The number of nitrogens with zero attached hydrogens (tertiary/aromatic N) is 2. The van der Waals surface area contributed by atoms with E-state index in [0.29, 0.717) is 5.76 Å². The molecule has 0 fully saturated rings. The summed E-state index contributed by atoms with van der Waals surface area (Å²) in [5.41, 5.74) is 0.832. The van der Waals surface area contributed by atoms with Crippen LogP contribution in [0.2, 0.25) is 10.2 Å². The maximum absolute atomic E-state index is 11.8. The first-order chi connectivity index (χ1) is 8.56. The van der Waals surface area contributed by atoms with Gasteiger partial charge in [-0.3, -0.25) is 4.79 Å². The lowest BCUT2D eigenvalue weighted by molar-refractivity contribution is 0.0942. The molecule has 2 heterocycles. The standard InChI is InChI=1S/C11H9Cl2N3O2/c1-6-4-7(18-16-6)5-14-11(17)10-8(12)2-3-9(13)15-10/h2-4H,5H2,1H3,(H,14,17). The number of amides is 1. The molecule has 0 aliphatic heterocycles. The van der Waals surface area contributed by atoms with E-state index in [-0.39, 0.29) is 22.4 Å². The number of aryl methyl sites for hydroxylation is 1. The monoisotopic (exact) mass is 285 g/mol. The Balaban J connectivity index is 2.05. The van der Waals surface area contributed by atoms with Gasteiger partial charge in [0, 0.05) is 6.07 Å². The van der Waals surface area contributed by atoms with Gasteiger partial charge >= 0.3 is 0 Å². The van der Waals surface area contributed by atoms with E-state index < -0.39 is 5.91 Å². The summed E-state index contributed by atoms with van der Waals surface area (Å²) in [6, 6.07) is 4.76. The molecule has 0 bridgehead atoms. The number of hydrogen-bond acceptors (Lipinski definition) is 4. The summed E-state index contributed by atoms with van der Waals surface area (Å²) < 4.78 is 4.96. The largest absolute Gasteiger partial charge is 0.359 e. The molecule has 0 aromatic carbocycles. The molecule has 94 valence electrons. The van der Waals surface area contributed by atoms with Gasteiger partial charge in [-0.2, -0.15) is 0 Å². The van der Waals surface area contributed by atoms with Gasteiger partial charge in [-0.25, -0.2) is 4.98 Å². The third kappa shape index (κ3) is 3.00. The molecule has 2 aromatic rings. The van der Waals surface area contributed by atoms with Gasteiger partial charge in [0.15, 0.2) is 5.76 Å². The number of aromatic nitrogens is 2. The quantitative estimate of drug-likeness (QED) is 0.881.